The zero-order valence-corrected chi connectivity index (χ0v) is 23.0. The van der Waals surface area contributed by atoms with E-state index in [4.69, 9.17) is 14.5 Å². The lowest BCUT2D eigenvalue weighted by atomic mass is 9.95. The molecule has 0 spiro atoms. The van der Waals surface area contributed by atoms with Gasteiger partial charge in [0.1, 0.15) is 23.9 Å². The fourth-order valence-electron chi connectivity index (χ4n) is 4.84. The van der Waals surface area contributed by atoms with Crippen molar-refractivity contribution in [1.82, 2.24) is 4.98 Å². The van der Waals surface area contributed by atoms with E-state index in [1.54, 1.807) is 36.4 Å². The maximum Gasteiger partial charge on any atom is 0.301 e. The molecule has 1 aromatic heterocycles. The van der Waals surface area contributed by atoms with Crippen molar-refractivity contribution in [2.75, 3.05) is 11.5 Å². The van der Waals surface area contributed by atoms with E-state index in [1.807, 2.05) is 73.7 Å². The van der Waals surface area contributed by atoms with Crippen molar-refractivity contribution in [3.05, 3.63) is 125 Å². The Kier molecular flexibility index (Phi) is 7.22. The Hall–Kier alpha value is -4.95. The lowest BCUT2D eigenvalue weighted by Gasteiger charge is -2.23. The SMILES string of the molecule is CCOc1ccc2nc(N3C(=O)C(=O)/C(=C(/O)c4ccccc4)C3c3ccc(OCc4ccccc4)cc3)sc2c1. The third kappa shape index (κ3) is 5.17. The summed E-state index contributed by atoms with van der Waals surface area (Å²) in [6, 6.07) is 30.4. The van der Waals surface area contributed by atoms with Gasteiger partial charge < -0.3 is 14.6 Å². The number of aliphatic hydroxyl groups excluding tert-OH is 1. The fraction of sp³-hybridized carbons (Fsp3) is 0.121. The van der Waals surface area contributed by atoms with Crippen molar-refractivity contribution in [1.29, 1.82) is 0 Å². The zero-order valence-electron chi connectivity index (χ0n) is 22.2. The number of anilines is 1. The number of nitrogens with zero attached hydrogens (tertiary/aromatic N) is 2. The van der Waals surface area contributed by atoms with Crippen LogP contribution in [0.1, 0.15) is 29.7 Å². The second-order valence-electron chi connectivity index (χ2n) is 9.44. The number of thiazole rings is 1. The van der Waals surface area contributed by atoms with Gasteiger partial charge >= 0.3 is 5.91 Å². The minimum absolute atomic E-state index is 0.00779. The number of benzene rings is 4. The molecule has 1 aliphatic rings. The number of aromatic nitrogens is 1. The summed E-state index contributed by atoms with van der Waals surface area (Å²) in [5.74, 6) is -0.415. The Morgan fingerprint density at radius 2 is 1.56 bits per heavy atom. The van der Waals surface area contributed by atoms with Gasteiger partial charge in [-0.05, 0) is 48.4 Å². The molecule has 1 aliphatic heterocycles. The van der Waals surface area contributed by atoms with Gasteiger partial charge in [-0.2, -0.15) is 0 Å². The number of ether oxygens (including phenoxy) is 2. The third-order valence-electron chi connectivity index (χ3n) is 6.80. The summed E-state index contributed by atoms with van der Waals surface area (Å²) in [7, 11) is 0. The normalized spacial score (nSPS) is 16.3. The minimum atomic E-state index is -0.884. The molecule has 5 aromatic rings. The second-order valence-corrected chi connectivity index (χ2v) is 10.4. The van der Waals surface area contributed by atoms with E-state index >= 15 is 0 Å². The van der Waals surface area contributed by atoms with Crippen LogP contribution in [-0.2, 0) is 16.2 Å². The average molecular weight is 563 g/mol. The molecule has 6 rings (SSSR count). The summed E-state index contributed by atoms with van der Waals surface area (Å²) in [4.78, 5) is 33.1. The van der Waals surface area contributed by atoms with E-state index in [1.165, 1.54) is 16.2 Å². The molecule has 41 heavy (non-hydrogen) atoms. The van der Waals surface area contributed by atoms with Crippen LogP contribution in [0.4, 0.5) is 5.13 Å². The zero-order chi connectivity index (χ0) is 28.3. The number of rotatable bonds is 8. The predicted octanol–water partition coefficient (Wildman–Crippen LogP) is 6.90. The molecule has 1 atom stereocenters. The summed E-state index contributed by atoms with van der Waals surface area (Å²) in [6.07, 6.45) is 0. The molecular weight excluding hydrogens is 536 g/mol. The molecule has 2 heterocycles. The Morgan fingerprint density at radius 3 is 2.27 bits per heavy atom. The number of carbonyl (C=O) groups excluding carboxylic acids is 2. The fourth-order valence-corrected chi connectivity index (χ4v) is 5.86. The highest BCUT2D eigenvalue weighted by atomic mass is 32.1. The van der Waals surface area contributed by atoms with Crippen LogP contribution in [0.15, 0.2) is 109 Å². The van der Waals surface area contributed by atoms with Gasteiger partial charge in [0.15, 0.2) is 5.13 Å². The highest BCUT2D eigenvalue weighted by molar-refractivity contribution is 7.22. The first-order chi connectivity index (χ1) is 20.0. The van der Waals surface area contributed by atoms with Crippen molar-refractivity contribution in [3.63, 3.8) is 0 Å². The van der Waals surface area contributed by atoms with Gasteiger partial charge in [0.05, 0.1) is 28.4 Å². The van der Waals surface area contributed by atoms with E-state index in [9.17, 15) is 14.7 Å². The smallest absolute Gasteiger partial charge is 0.301 e. The molecule has 1 saturated heterocycles. The number of aliphatic hydroxyl groups is 1. The summed E-state index contributed by atoms with van der Waals surface area (Å²) in [6.45, 7) is 2.84. The molecule has 0 bridgehead atoms. The van der Waals surface area contributed by atoms with Gasteiger partial charge in [-0.15, -0.1) is 0 Å². The van der Waals surface area contributed by atoms with Gasteiger partial charge in [-0.25, -0.2) is 4.98 Å². The number of ketones is 1. The number of hydrogen-bond acceptors (Lipinski definition) is 7. The first kappa shape index (κ1) is 26.3. The Labute approximate surface area is 240 Å². The molecule has 1 unspecified atom stereocenters. The van der Waals surface area contributed by atoms with E-state index in [2.05, 4.69) is 0 Å². The van der Waals surface area contributed by atoms with E-state index in [-0.39, 0.29) is 11.3 Å². The highest BCUT2D eigenvalue weighted by Gasteiger charge is 2.48. The highest BCUT2D eigenvalue weighted by Crippen LogP contribution is 2.45. The Balaban J connectivity index is 1.41. The van der Waals surface area contributed by atoms with Crippen LogP contribution < -0.4 is 14.4 Å². The van der Waals surface area contributed by atoms with Crippen molar-refractivity contribution in [2.45, 2.75) is 19.6 Å². The molecule has 7 nitrogen and oxygen atoms in total. The second kappa shape index (κ2) is 11.3. The first-order valence-corrected chi connectivity index (χ1v) is 14.0. The van der Waals surface area contributed by atoms with Crippen LogP contribution in [0.25, 0.3) is 16.0 Å². The van der Waals surface area contributed by atoms with Crippen LogP contribution in [0.3, 0.4) is 0 Å². The summed E-state index contributed by atoms with van der Waals surface area (Å²) < 4.78 is 12.4. The van der Waals surface area contributed by atoms with Gasteiger partial charge in [0.2, 0.25) is 0 Å². The molecule has 204 valence electrons. The van der Waals surface area contributed by atoms with Gasteiger partial charge in [-0.3, -0.25) is 14.5 Å². The predicted molar refractivity (Wildman–Crippen MR) is 159 cm³/mol. The molecule has 1 N–H and O–H groups in total. The van der Waals surface area contributed by atoms with Crippen LogP contribution >= 0.6 is 11.3 Å². The van der Waals surface area contributed by atoms with Crippen LogP contribution in [-0.4, -0.2) is 28.4 Å². The van der Waals surface area contributed by atoms with Crippen molar-refractivity contribution in [2.24, 2.45) is 0 Å². The maximum absolute atomic E-state index is 13.6. The number of amides is 1. The van der Waals surface area contributed by atoms with Gasteiger partial charge in [0, 0.05) is 5.56 Å². The monoisotopic (exact) mass is 562 g/mol. The van der Waals surface area contributed by atoms with Gasteiger partial charge in [-0.1, -0.05) is 84.1 Å². The maximum atomic E-state index is 13.6. The summed E-state index contributed by atoms with van der Waals surface area (Å²) in [5, 5.41) is 11.7. The number of Topliss-reactive ketones (excluding diaryl/α,β-unsaturated/α-hetero) is 1. The number of carbonyl (C=O) groups is 2. The van der Waals surface area contributed by atoms with Crippen LogP contribution in [0, 0.1) is 0 Å². The summed E-state index contributed by atoms with van der Waals surface area (Å²) >= 11 is 1.29. The molecule has 0 radical (unpaired) electrons. The molecular formula is C33H26N2O5S. The van der Waals surface area contributed by atoms with Crippen LogP contribution in [0.5, 0.6) is 11.5 Å². The first-order valence-electron chi connectivity index (χ1n) is 13.2. The molecule has 8 heteroatoms. The summed E-state index contributed by atoms with van der Waals surface area (Å²) in [5.41, 5.74) is 2.82. The van der Waals surface area contributed by atoms with Crippen molar-refractivity contribution in [3.8, 4) is 11.5 Å². The molecule has 4 aromatic carbocycles. The van der Waals surface area contributed by atoms with E-state index < -0.39 is 17.7 Å². The van der Waals surface area contributed by atoms with E-state index in [0.717, 1.165) is 10.3 Å². The number of fused-ring (bicyclic) bond motifs is 1. The average Bonchev–Trinajstić information content (AvgIpc) is 3.54. The third-order valence-corrected chi connectivity index (χ3v) is 7.82. The molecule has 1 fully saturated rings. The number of hydrogen-bond donors (Lipinski definition) is 1. The quantitative estimate of drug-likeness (QED) is 0.126. The topological polar surface area (TPSA) is 89.0 Å². The molecule has 0 aliphatic carbocycles. The minimum Gasteiger partial charge on any atom is -0.507 e. The Bertz CT molecular complexity index is 1750. The largest absolute Gasteiger partial charge is 0.507 e. The van der Waals surface area contributed by atoms with Gasteiger partial charge in [0.25, 0.3) is 5.78 Å². The standard InChI is InChI=1S/C33H26N2O5S/c1-2-39-25-17-18-26-27(19-25)41-33(34-26)35-29(28(31(37)32(35)38)30(36)23-11-7-4-8-12-23)22-13-15-24(16-14-22)40-20-21-9-5-3-6-10-21/h3-19,29,36H,2,20H2,1H3/b30-28+. The Morgan fingerprint density at radius 1 is 0.878 bits per heavy atom. The van der Waals surface area contributed by atoms with Crippen molar-refractivity contribution < 1.29 is 24.2 Å². The lowest BCUT2D eigenvalue weighted by Crippen LogP contribution is -2.29. The van der Waals surface area contributed by atoms with Crippen molar-refractivity contribution >= 4 is 44.1 Å². The lowest BCUT2D eigenvalue weighted by molar-refractivity contribution is -0.132. The molecule has 0 saturated carbocycles. The molecule has 1 amide bonds. The van der Waals surface area contributed by atoms with E-state index in [0.29, 0.717) is 46.5 Å². The van der Waals surface area contributed by atoms with Crippen LogP contribution in [0.2, 0.25) is 0 Å².